The standard InChI is InChI=1S/C21H21NO5/c1-26-16-7-5-13(6-8-16)11-14-3-2-4-15(12-14)21-20(25)19(24)18(23)17(27-21)9-10-22/h2-9,12,18-21,23-25H,11H2,1H3/b17-9-/t18-,19+,20-,21+/m1/s1. The molecule has 0 spiro atoms. The first kappa shape index (κ1) is 18.9. The van der Waals surface area contributed by atoms with Gasteiger partial charge in [0.05, 0.1) is 19.3 Å². The van der Waals surface area contributed by atoms with Crippen LogP contribution in [0.2, 0.25) is 0 Å². The summed E-state index contributed by atoms with van der Waals surface area (Å²) < 4.78 is 10.8. The fraction of sp³-hybridized carbons (Fsp3) is 0.286. The monoisotopic (exact) mass is 367 g/mol. The minimum atomic E-state index is -1.44. The van der Waals surface area contributed by atoms with Gasteiger partial charge in [-0.2, -0.15) is 5.26 Å². The summed E-state index contributed by atoms with van der Waals surface area (Å²) in [6.45, 7) is 0. The van der Waals surface area contributed by atoms with Gasteiger partial charge in [0, 0.05) is 0 Å². The van der Waals surface area contributed by atoms with Gasteiger partial charge in [0.2, 0.25) is 0 Å². The zero-order chi connectivity index (χ0) is 19.4. The molecule has 1 fully saturated rings. The van der Waals surface area contributed by atoms with Crippen molar-refractivity contribution in [2.45, 2.75) is 30.8 Å². The molecule has 6 heteroatoms. The molecule has 140 valence electrons. The quantitative estimate of drug-likeness (QED) is 0.713. The highest BCUT2D eigenvalue weighted by Crippen LogP contribution is 2.34. The number of hydrogen-bond donors (Lipinski definition) is 3. The fourth-order valence-electron chi connectivity index (χ4n) is 3.13. The molecule has 0 unspecified atom stereocenters. The third-order valence-corrected chi connectivity index (χ3v) is 4.59. The molecule has 3 N–H and O–H groups in total. The van der Waals surface area contributed by atoms with Gasteiger partial charge in [0.15, 0.2) is 6.10 Å². The molecular weight excluding hydrogens is 346 g/mol. The van der Waals surface area contributed by atoms with Gasteiger partial charge in [-0.15, -0.1) is 0 Å². The van der Waals surface area contributed by atoms with E-state index >= 15 is 0 Å². The van der Waals surface area contributed by atoms with Crippen molar-refractivity contribution >= 4 is 0 Å². The number of nitriles is 1. The van der Waals surface area contributed by atoms with E-state index in [9.17, 15) is 15.3 Å². The summed E-state index contributed by atoms with van der Waals surface area (Å²) in [5.41, 5.74) is 2.75. The summed E-state index contributed by atoms with van der Waals surface area (Å²) in [5.74, 6) is 0.733. The molecule has 0 bridgehead atoms. The van der Waals surface area contributed by atoms with Gasteiger partial charge in [-0.05, 0) is 35.2 Å². The lowest BCUT2D eigenvalue weighted by molar-refractivity contribution is -0.157. The number of aliphatic hydroxyl groups excluding tert-OH is 3. The molecule has 1 heterocycles. The van der Waals surface area contributed by atoms with Crippen LogP contribution in [0.4, 0.5) is 0 Å². The second-order valence-electron chi connectivity index (χ2n) is 6.41. The van der Waals surface area contributed by atoms with Crippen molar-refractivity contribution in [2.75, 3.05) is 7.11 Å². The molecule has 1 aliphatic heterocycles. The van der Waals surface area contributed by atoms with E-state index in [1.54, 1.807) is 19.2 Å². The Balaban J connectivity index is 1.83. The molecule has 6 nitrogen and oxygen atoms in total. The number of allylic oxidation sites excluding steroid dienone is 1. The molecule has 0 radical (unpaired) electrons. The number of ether oxygens (including phenoxy) is 2. The molecule has 0 saturated carbocycles. The normalized spacial score (nSPS) is 26.3. The maximum absolute atomic E-state index is 10.3. The number of benzene rings is 2. The molecular formula is C21H21NO5. The SMILES string of the molecule is COc1ccc(Cc2cccc([C@@H]3O/C(=C\C#N)[C@@H](O)[C@H](O)[C@H]3O)c2)cc1. The lowest BCUT2D eigenvalue weighted by Crippen LogP contribution is -2.47. The van der Waals surface area contributed by atoms with Gasteiger partial charge in [0.1, 0.15) is 29.8 Å². The molecule has 1 aliphatic rings. The summed E-state index contributed by atoms with van der Waals surface area (Å²) in [7, 11) is 1.62. The van der Waals surface area contributed by atoms with E-state index < -0.39 is 24.4 Å². The number of rotatable bonds is 4. The smallest absolute Gasteiger partial charge is 0.152 e. The number of nitrogens with zero attached hydrogens (tertiary/aromatic N) is 1. The molecule has 0 aliphatic carbocycles. The van der Waals surface area contributed by atoms with Crippen LogP contribution in [0.25, 0.3) is 0 Å². The lowest BCUT2D eigenvalue weighted by Gasteiger charge is -2.37. The van der Waals surface area contributed by atoms with Crippen molar-refractivity contribution in [1.29, 1.82) is 5.26 Å². The van der Waals surface area contributed by atoms with Gasteiger partial charge in [0.25, 0.3) is 0 Å². The second kappa shape index (κ2) is 8.23. The first-order chi connectivity index (χ1) is 13.0. The predicted octanol–water partition coefficient (Wildman–Crippen LogP) is 1.85. The largest absolute Gasteiger partial charge is 0.497 e. The molecule has 1 saturated heterocycles. The van der Waals surface area contributed by atoms with Crippen molar-refractivity contribution in [2.24, 2.45) is 0 Å². The summed E-state index contributed by atoms with van der Waals surface area (Å²) >= 11 is 0. The second-order valence-corrected chi connectivity index (χ2v) is 6.41. The van der Waals surface area contributed by atoms with Gasteiger partial charge in [-0.1, -0.05) is 36.4 Å². The molecule has 4 atom stereocenters. The third kappa shape index (κ3) is 4.12. The Bertz CT molecular complexity index is 856. The highest BCUT2D eigenvalue weighted by Gasteiger charge is 2.42. The highest BCUT2D eigenvalue weighted by atomic mass is 16.5. The van der Waals surface area contributed by atoms with E-state index in [0.717, 1.165) is 23.0 Å². The van der Waals surface area contributed by atoms with Crippen LogP contribution in [0.3, 0.4) is 0 Å². The number of aliphatic hydroxyl groups is 3. The summed E-state index contributed by atoms with van der Waals surface area (Å²) in [6, 6.07) is 17.0. The first-order valence-electron chi connectivity index (χ1n) is 8.55. The van der Waals surface area contributed by atoms with E-state index in [1.165, 1.54) is 0 Å². The topological polar surface area (TPSA) is 103 Å². The summed E-state index contributed by atoms with van der Waals surface area (Å²) in [6.07, 6.45) is -3.35. The molecule has 3 rings (SSSR count). The van der Waals surface area contributed by atoms with Crippen LogP contribution in [0.15, 0.2) is 60.4 Å². The van der Waals surface area contributed by atoms with Crippen LogP contribution in [0.1, 0.15) is 22.8 Å². The number of methoxy groups -OCH3 is 1. The van der Waals surface area contributed by atoms with Crippen LogP contribution in [0, 0.1) is 11.3 Å². The van der Waals surface area contributed by atoms with Crippen molar-refractivity contribution in [3.8, 4) is 11.8 Å². The zero-order valence-electron chi connectivity index (χ0n) is 14.8. The molecule has 0 aromatic heterocycles. The van der Waals surface area contributed by atoms with Crippen LogP contribution in [-0.2, 0) is 11.2 Å². The predicted molar refractivity (Wildman–Crippen MR) is 97.8 cm³/mol. The van der Waals surface area contributed by atoms with Gasteiger partial charge in [-0.3, -0.25) is 0 Å². The third-order valence-electron chi connectivity index (χ3n) is 4.59. The maximum Gasteiger partial charge on any atom is 0.152 e. The van der Waals surface area contributed by atoms with Crippen LogP contribution < -0.4 is 4.74 Å². The minimum absolute atomic E-state index is 0.0548. The van der Waals surface area contributed by atoms with Gasteiger partial charge < -0.3 is 24.8 Å². The molecule has 0 amide bonds. The van der Waals surface area contributed by atoms with Gasteiger partial charge >= 0.3 is 0 Å². The Morgan fingerprint density at radius 1 is 1.07 bits per heavy atom. The van der Waals surface area contributed by atoms with Crippen molar-refractivity contribution in [1.82, 2.24) is 0 Å². The minimum Gasteiger partial charge on any atom is -0.497 e. The van der Waals surface area contributed by atoms with E-state index in [-0.39, 0.29) is 5.76 Å². The van der Waals surface area contributed by atoms with Crippen molar-refractivity contribution < 1.29 is 24.8 Å². The number of hydrogen-bond acceptors (Lipinski definition) is 6. The Kier molecular flexibility index (Phi) is 5.77. The van der Waals surface area contributed by atoms with Crippen molar-refractivity contribution in [3.63, 3.8) is 0 Å². The van der Waals surface area contributed by atoms with Crippen LogP contribution >= 0.6 is 0 Å². The average molecular weight is 367 g/mol. The Hall–Kier alpha value is -2.85. The maximum atomic E-state index is 10.3. The van der Waals surface area contributed by atoms with Crippen molar-refractivity contribution in [3.05, 3.63) is 77.1 Å². The lowest BCUT2D eigenvalue weighted by atomic mass is 9.91. The van der Waals surface area contributed by atoms with Crippen LogP contribution in [0.5, 0.6) is 5.75 Å². The Morgan fingerprint density at radius 3 is 2.48 bits per heavy atom. The zero-order valence-corrected chi connectivity index (χ0v) is 14.8. The van der Waals surface area contributed by atoms with E-state index in [0.29, 0.717) is 12.0 Å². The average Bonchev–Trinajstić information content (AvgIpc) is 2.69. The molecule has 27 heavy (non-hydrogen) atoms. The molecule has 2 aromatic rings. The van der Waals surface area contributed by atoms with Crippen LogP contribution in [-0.4, -0.2) is 40.7 Å². The van der Waals surface area contributed by atoms with E-state index in [1.807, 2.05) is 42.5 Å². The van der Waals surface area contributed by atoms with E-state index in [2.05, 4.69) is 0 Å². The van der Waals surface area contributed by atoms with E-state index in [4.69, 9.17) is 14.7 Å². The Morgan fingerprint density at radius 2 is 1.81 bits per heavy atom. The first-order valence-corrected chi connectivity index (χ1v) is 8.55. The van der Waals surface area contributed by atoms with Gasteiger partial charge in [-0.25, -0.2) is 0 Å². The fourth-order valence-corrected chi connectivity index (χ4v) is 3.13. The molecule has 2 aromatic carbocycles. The summed E-state index contributed by atoms with van der Waals surface area (Å²) in [4.78, 5) is 0. The Labute approximate surface area is 157 Å². The highest BCUT2D eigenvalue weighted by molar-refractivity contribution is 5.34. The summed E-state index contributed by atoms with van der Waals surface area (Å²) in [5, 5.41) is 39.2.